The van der Waals surface area contributed by atoms with Crippen LogP contribution in [0.1, 0.15) is 16.9 Å². The molecule has 1 fully saturated rings. The van der Waals surface area contributed by atoms with E-state index in [1.807, 2.05) is 18.2 Å². The molecule has 0 radical (unpaired) electrons. The van der Waals surface area contributed by atoms with Crippen LogP contribution in [0.3, 0.4) is 0 Å². The zero-order valence-corrected chi connectivity index (χ0v) is 18.0. The van der Waals surface area contributed by atoms with Crippen LogP contribution in [0.2, 0.25) is 5.15 Å². The van der Waals surface area contributed by atoms with Crippen LogP contribution < -0.4 is 4.74 Å². The minimum Gasteiger partial charge on any atom is -0.466 e. The highest BCUT2D eigenvalue weighted by Gasteiger charge is 2.47. The van der Waals surface area contributed by atoms with Crippen LogP contribution in [0.5, 0.6) is 5.88 Å². The number of carbonyl (C=O) groups excluding carboxylic acids is 1. The van der Waals surface area contributed by atoms with E-state index < -0.39 is 24.4 Å². The van der Waals surface area contributed by atoms with Crippen LogP contribution in [0.25, 0.3) is 21.9 Å². The molecule has 0 spiro atoms. The highest BCUT2D eigenvalue weighted by Crippen LogP contribution is 2.33. The Bertz CT molecular complexity index is 1300. The molecule has 1 amide bonds. The van der Waals surface area contributed by atoms with Gasteiger partial charge < -0.3 is 14.6 Å². The van der Waals surface area contributed by atoms with Crippen molar-refractivity contribution in [1.29, 1.82) is 0 Å². The van der Waals surface area contributed by atoms with E-state index in [2.05, 4.69) is 19.9 Å². The zero-order chi connectivity index (χ0) is 21.6. The lowest BCUT2D eigenvalue weighted by atomic mass is 10.0. The molecule has 4 heterocycles. The Labute approximate surface area is 192 Å². The Morgan fingerprint density at radius 2 is 2.03 bits per heavy atom. The Hall–Kier alpha value is -3.04. The number of aromatic nitrogens is 4. The summed E-state index contributed by atoms with van der Waals surface area (Å²) in [6.45, 7) is -0.461. The van der Waals surface area contributed by atoms with Gasteiger partial charge in [-0.3, -0.25) is 4.79 Å². The Balaban J connectivity index is 0.00000245. The van der Waals surface area contributed by atoms with Gasteiger partial charge in [0, 0.05) is 30.5 Å². The minimum atomic E-state index is -3.12. The van der Waals surface area contributed by atoms with Crippen molar-refractivity contribution in [3.63, 3.8) is 0 Å². The molecular weight excluding hydrogens is 463 g/mol. The van der Waals surface area contributed by atoms with E-state index in [0.29, 0.717) is 16.6 Å². The number of imidazole rings is 1. The van der Waals surface area contributed by atoms with Gasteiger partial charge in [-0.25, -0.2) is 23.7 Å². The number of halogens is 4. The molecule has 0 unspecified atom stereocenters. The number of rotatable bonds is 3. The fourth-order valence-electron chi connectivity index (χ4n) is 3.65. The molecule has 1 aliphatic rings. The van der Waals surface area contributed by atoms with E-state index >= 15 is 0 Å². The number of aromatic amines is 1. The number of carbonyl (C=O) groups is 1. The van der Waals surface area contributed by atoms with E-state index in [-0.39, 0.29) is 42.2 Å². The second-order valence-electron chi connectivity index (χ2n) is 7.30. The molecule has 166 valence electrons. The van der Waals surface area contributed by atoms with Crippen molar-refractivity contribution in [2.24, 2.45) is 0 Å². The van der Waals surface area contributed by atoms with Crippen LogP contribution in [-0.4, -0.2) is 55.9 Å². The molecule has 11 heteroatoms. The highest BCUT2D eigenvalue weighted by molar-refractivity contribution is 6.30. The monoisotopic (exact) mass is 479 g/mol. The number of hydrogen-bond acceptors (Lipinski definition) is 5. The standard InChI is InChI=1S/C21H16ClF2N5O2.ClH/c22-16-9-14-18(26-11-25-14)19(28-16)20(30)29-8-7-21(23,24)15(10-29)31-17-6-5-12-3-1-2-4-13(12)27-17;/h1-6,9,11,15H,7-8,10H2,(H,25,26);1H/t15-;/m0./s1. The second-order valence-corrected chi connectivity index (χ2v) is 7.69. The van der Waals surface area contributed by atoms with Gasteiger partial charge in [-0.2, -0.15) is 0 Å². The van der Waals surface area contributed by atoms with Crippen molar-refractivity contribution >= 4 is 51.9 Å². The third-order valence-electron chi connectivity index (χ3n) is 5.27. The first-order chi connectivity index (χ1) is 14.9. The van der Waals surface area contributed by atoms with E-state index in [4.69, 9.17) is 16.3 Å². The Kier molecular flexibility index (Phi) is 5.87. The topological polar surface area (TPSA) is 84.0 Å². The van der Waals surface area contributed by atoms with E-state index in [0.717, 1.165) is 5.39 Å². The summed E-state index contributed by atoms with van der Waals surface area (Å²) < 4.78 is 34.8. The molecule has 3 aromatic heterocycles. The third kappa shape index (κ3) is 4.05. The summed E-state index contributed by atoms with van der Waals surface area (Å²) in [5.74, 6) is -3.57. The van der Waals surface area contributed by atoms with Crippen molar-refractivity contribution in [3.05, 3.63) is 59.6 Å². The fourth-order valence-corrected chi connectivity index (χ4v) is 3.84. The number of hydrogen-bond donors (Lipinski definition) is 1. The zero-order valence-electron chi connectivity index (χ0n) is 16.5. The van der Waals surface area contributed by atoms with Crippen LogP contribution in [0.4, 0.5) is 8.78 Å². The van der Waals surface area contributed by atoms with Crippen molar-refractivity contribution in [2.75, 3.05) is 13.1 Å². The van der Waals surface area contributed by atoms with Gasteiger partial charge in [0.05, 0.1) is 23.9 Å². The molecule has 1 saturated heterocycles. The highest BCUT2D eigenvalue weighted by atomic mass is 35.5. The number of amides is 1. The maximum Gasteiger partial charge on any atom is 0.287 e. The summed E-state index contributed by atoms with van der Waals surface area (Å²) in [4.78, 5) is 29.7. The maximum atomic E-state index is 14.6. The van der Waals surface area contributed by atoms with Gasteiger partial charge in [-0.15, -0.1) is 12.4 Å². The SMILES string of the molecule is Cl.O=C(c1nc(Cl)cc2[nH]cnc12)N1CCC(F)(F)[C@@H](Oc2ccc3ccccc3n2)C1. The van der Waals surface area contributed by atoms with E-state index in [9.17, 15) is 13.6 Å². The Morgan fingerprint density at radius 1 is 1.22 bits per heavy atom. The number of benzene rings is 1. The normalized spacial score (nSPS) is 17.8. The number of piperidine rings is 1. The summed E-state index contributed by atoms with van der Waals surface area (Å²) in [5.41, 5.74) is 1.52. The quantitative estimate of drug-likeness (QED) is 0.437. The molecule has 4 aromatic rings. The Morgan fingerprint density at radius 3 is 2.88 bits per heavy atom. The van der Waals surface area contributed by atoms with Gasteiger partial charge in [0.2, 0.25) is 5.88 Å². The van der Waals surface area contributed by atoms with Gasteiger partial charge in [0.25, 0.3) is 11.8 Å². The lowest BCUT2D eigenvalue weighted by Crippen LogP contribution is -2.55. The summed E-state index contributed by atoms with van der Waals surface area (Å²) in [5, 5.41) is 0.979. The smallest absolute Gasteiger partial charge is 0.287 e. The van der Waals surface area contributed by atoms with Crippen molar-refractivity contribution in [1.82, 2.24) is 24.8 Å². The molecule has 7 nitrogen and oxygen atoms in total. The number of alkyl halides is 2. The van der Waals surface area contributed by atoms with Gasteiger partial charge in [-0.05, 0) is 12.1 Å². The van der Waals surface area contributed by atoms with E-state index in [1.54, 1.807) is 24.3 Å². The number of nitrogens with zero attached hydrogens (tertiary/aromatic N) is 4. The largest absolute Gasteiger partial charge is 0.466 e. The number of fused-ring (bicyclic) bond motifs is 2. The molecule has 5 rings (SSSR count). The molecule has 1 aromatic carbocycles. The lowest BCUT2D eigenvalue weighted by molar-refractivity contribution is -0.131. The third-order valence-corrected chi connectivity index (χ3v) is 5.47. The molecule has 0 bridgehead atoms. The predicted octanol–water partition coefficient (Wildman–Crippen LogP) is 4.51. The molecule has 0 saturated carbocycles. The summed E-state index contributed by atoms with van der Waals surface area (Å²) in [6, 6.07) is 12.2. The van der Waals surface area contributed by atoms with Gasteiger partial charge >= 0.3 is 0 Å². The lowest BCUT2D eigenvalue weighted by Gasteiger charge is -2.37. The van der Waals surface area contributed by atoms with Crippen LogP contribution in [-0.2, 0) is 0 Å². The van der Waals surface area contributed by atoms with Crippen LogP contribution in [0, 0.1) is 0 Å². The fraction of sp³-hybridized carbons (Fsp3) is 0.238. The molecule has 32 heavy (non-hydrogen) atoms. The van der Waals surface area contributed by atoms with Crippen LogP contribution >= 0.6 is 24.0 Å². The number of likely N-dealkylation sites (tertiary alicyclic amines) is 1. The molecule has 1 aliphatic heterocycles. The van der Waals surface area contributed by atoms with Gasteiger partial charge in [0.15, 0.2) is 11.8 Å². The molecule has 0 aliphatic carbocycles. The number of ether oxygens (including phenoxy) is 1. The minimum absolute atomic E-state index is 0. The summed E-state index contributed by atoms with van der Waals surface area (Å²) in [7, 11) is 0. The first-order valence-corrected chi connectivity index (χ1v) is 9.98. The van der Waals surface area contributed by atoms with E-state index in [1.165, 1.54) is 11.2 Å². The first-order valence-electron chi connectivity index (χ1n) is 9.60. The molecule has 1 N–H and O–H groups in total. The number of H-pyrrole nitrogens is 1. The predicted molar refractivity (Wildman–Crippen MR) is 118 cm³/mol. The van der Waals surface area contributed by atoms with Crippen molar-refractivity contribution in [3.8, 4) is 5.88 Å². The van der Waals surface area contributed by atoms with Gasteiger partial charge in [0.1, 0.15) is 10.7 Å². The molecule has 1 atom stereocenters. The van der Waals surface area contributed by atoms with Crippen LogP contribution in [0.15, 0.2) is 48.8 Å². The number of nitrogens with one attached hydrogen (secondary N) is 1. The second kappa shape index (κ2) is 8.48. The number of pyridine rings is 2. The first kappa shape index (κ1) is 22.2. The average Bonchev–Trinajstić information content (AvgIpc) is 3.22. The maximum absolute atomic E-state index is 14.6. The number of para-hydroxylation sites is 1. The summed E-state index contributed by atoms with van der Waals surface area (Å²) in [6.07, 6.45) is -0.671. The van der Waals surface area contributed by atoms with Gasteiger partial charge in [-0.1, -0.05) is 29.8 Å². The van der Waals surface area contributed by atoms with Crippen molar-refractivity contribution in [2.45, 2.75) is 18.4 Å². The van der Waals surface area contributed by atoms with Crippen molar-refractivity contribution < 1.29 is 18.3 Å². The summed E-state index contributed by atoms with van der Waals surface area (Å²) >= 11 is 6.01. The molecular formula is C21H17Cl2F2N5O2. The average molecular weight is 480 g/mol.